The van der Waals surface area contributed by atoms with Gasteiger partial charge in [0.15, 0.2) is 0 Å². The summed E-state index contributed by atoms with van der Waals surface area (Å²) in [6, 6.07) is 7.61. The lowest BCUT2D eigenvalue weighted by molar-refractivity contribution is 0.110. The van der Waals surface area contributed by atoms with Crippen molar-refractivity contribution in [2.24, 2.45) is 0 Å². The highest BCUT2D eigenvalue weighted by Crippen LogP contribution is 2.13. The number of likely N-dealkylation sites (N-methyl/N-ethyl adjacent to an activating group) is 1. The van der Waals surface area contributed by atoms with Gasteiger partial charge in [-0.15, -0.1) is 0 Å². The summed E-state index contributed by atoms with van der Waals surface area (Å²) in [6.45, 7) is 12.0. The molecular formula is C17H32N4O. The number of anilines is 1. The molecule has 2 N–H and O–H groups in total. The Morgan fingerprint density at radius 3 is 2.27 bits per heavy atom. The second-order valence-electron chi connectivity index (χ2n) is 6.00. The molecule has 0 aromatic heterocycles. The van der Waals surface area contributed by atoms with E-state index in [1.165, 1.54) is 19.6 Å². The van der Waals surface area contributed by atoms with Crippen molar-refractivity contribution in [1.82, 2.24) is 14.7 Å². The number of hydrogen-bond acceptors (Lipinski definition) is 5. The normalized spacial score (nSPS) is 17.0. The first-order valence-corrected chi connectivity index (χ1v) is 8.29. The summed E-state index contributed by atoms with van der Waals surface area (Å²) >= 11 is 0. The van der Waals surface area contributed by atoms with Crippen molar-refractivity contribution >= 4 is 5.69 Å². The Morgan fingerprint density at radius 2 is 1.68 bits per heavy atom. The summed E-state index contributed by atoms with van der Waals surface area (Å²) in [4.78, 5) is 7.41. The van der Waals surface area contributed by atoms with Gasteiger partial charge in [-0.05, 0) is 37.9 Å². The number of piperazine rings is 1. The lowest BCUT2D eigenvalue weighted by Crippen LogP contribution is -2.49. The van der Waals surface area contributed by atoms with Crippen molar-refractivity contribution in [1.29, 1.82) is 0 Å². The predicted octanol–water partition coefficient (Wildman–Crippen LogP) is 1.46. The van der Waals surface area contributed by atoms with E-state index in [1.807, 2.05) is 24.3 Å². The van der Waals surface area contributed by atoms with Gasteiger partial charge < -0.3 is 15.4 Å². The zero-order valence-electron chi connectivity index (χ0n) is 14.0. The zero-order valence-corrected chi connectivity index (χ0v) is 14.0. The number of nitrogen functional groups attached to an aromatic ring is 1. The molecule has 1 saturated heterocycles. The Balaban J connectivity index is 0.00000264. The Bertz CT molecular complexity index is 421. The summed E-state index contributed by atoms with van der Waals surface area (Å²) in [5.41, 5.74) is 6.44. The number of rotatable bonds is 8. The van der Waals surface area contributed by atoms with Gasteiger partial charge >= 0.3 is 0 Å². The van der Waals surface area contributed by atoms with Gasteiger partial charge in [0.05, 0.1) is 0 Å². The maximum absolute atomic E-state index is 5.77. The van der Waals surface area contributed by atoms with E-state index in [4.69, 9.17) is 10.5 Å². The fourth-order valence-corrected chi connectivity index (χ4v) is 2.56. The third-order valence-corrected chi connectivity index (χ3v) is 4.36. The Morgan fingerprint density at radius 1 is 1.09 bits per heavy atom. The molecule has 0 radical (unpaired) electrons. The van der Waals surface area contributed by atoms with Gasteiger partial charge in [0.2, 0.25) is 0 Å². The molecule has 2 rings (SSSR count). The van der Waals surface area contributed by atoms with Crippen LogP contribution in [0.15, 0.2) is 24.3 Å². The minimum Gasteiger partial charge on any atom is -0.492 e. The minimum atomic E-state index is 0. The molecule has 0 atom stereocenters. The average Bonchev–Trinajstić information content (AvgIpc) is 2.55. The van der Waals surface area contributed by atoms with E-state index in [9.17, 15) is 0 Å². The van der Waals surface area contributed by atoms with E-state index in [-0.39, 0.29) is 1.43 Å². The first-order chi connectivity index (χ1) is 10.7. The third-order valence-electron chi connectivity index (χ3n) is 4.36. The number of ether oxygens (including phenoxy) is 1. The summed E-state index contributed by atoms with van der Waals surface area (Å²) < 4.78 is 5.77. The molecule has 126 valence electrons. The third kappa shape index (κ3) is 5.83. The Kier molecular flexibility index (Phi) is 6.96. The lowest BCUT2D eigenvalue weighted by atomic mass is 10.3. The average molecular weight is 308 g/mol. The van der Waals surface area contributed by atoms with Crippen molar-refractivity contribution in [3.63, 3.8) is 0 Å². The molecule has 0 amide bonds. The first kappa shape index (κ1) is 17.1. The molecule has 0 saturated carbocycles. The number of nitrogens with zero attached hydrogens (tertiary/aromatic N) is 3. The molecule has 1 fully saturated rings. The van der Waals surface area contributed by atoms with Gasteiger partial charge in [0, 0.05) is 52.9 Å². The SMILES string of the molecule is CCN(C)CCN1CCN(CCOc2ccc(N)cc2)CC1.[HH]. The monoisotopic (exact) mass is 308 g/mol. The van der Waals surface area contributed by atoms with E-state index in [0.29, 0.717) is 0 Å². The fraction of sp³-hybridized carbons (Fsp3) is 0.647. The molecule has 1 aliphatic heterocycles. The van der Waals surface area contributed by atoms with Crippen molar-refractivity contribution in [3.8, 4) is 5.75 Å². The summed E-state index contributed by atoms with van der Waals surface area (Å²) in [5.74, 6) is 0.899. The molecule has 0 spiro atoms. The van der Waals surface area contributed by atoms with Crippen molar-refractivity contribution < 1.29 is 6.16 Å². The van der Waals surface area contributed by atoms with Gasteiger partial charge in [-0.25, -0.2) is 0 Å². The van der Waals surface area contributed by atoms with Crippen LogP contribution < -0.4 is 10.5 Å². The van der Waals surface area contributed by atoms with Gasteiger partial charge in [0.1, 0.15) is 12.4 Å². The van der Waals surface area contributed by atoms with Crippen molar-refractivity contribution in [2.45, 2.75) is 6.92 Å². The molecule has 0 unspecified atom stereocenters. The maximum atomic E-state index is 5.77. The van der Waals surface area contributed by atoms with E-state index in [1.54, 1.807) is 0 Å². The molecule has 5 heteroatoms. The van der Waals surface area contributed by atoms with Crippen LogP contribution >= 0.6 is 0 Å². The lowest BCUT2D eigenvalue weighted by Gasteiger charge is -2.35. The van der Waals surface area contributed by atoms with Gasteiger partial charge in [-0.3, -0.25) is 9.80 Å². The first-order valence-electron chi connectivity index (χ1n) is 8.29. The second kappa shape index (κ2) is 8.98. The Labute approximate surface area is 136 Å². The van der Waals surface area contributed by atoms with Gasteiger partial charge in [-0.1, -0.05) is 6.92 Å². The van der Waals surface area contributed by atoms with Gasteiger partial charge in [0.25, 0.3) is 0 Å². The van der Waals surface area contributed by atoms with Crippen LogP contribution in [-0.2, 0) is 0 Å². The largest absolute Gasteiger partial charge is 0.492 e. The van der Waals surface area contributed by atoms with Crippen LogP contribution in [0.4, 0.5) is 5.69 Å². The molecule has 22 heavy (non-hydrogen) atoms. The molecule has 1 aromatic rings. The van der Waals surface area contributed by atoms with E-state index in [2.05, 4.69) is 28.7 Å². The molecule has 0 aliphatic carbocycles. The van der Waals surface area contributed by atoms with Crippen LogP contribution in [0.25, 0.3) is 0 Å². The number of hydrogen-bond donors (Lipinski definition) is 1. The highest BCUT2D eigenvalue weighted by Gasteiger charge is 2.16. The second-order valence-corrected chi connectivity index (χ2v) is 6.00. The van der Waals surface area contributed by atoms with E-state index < -0.39 is 0 Å². The Hall–Kier alpha value is -1.30. The molecule has 1 heterocycles. The molecule has 1 aromatic carbocycles. The summed E-state index contributed by atoms with van der Waals surface area (Å²) in [7, 11) is 2.19. The minimum absolute atomic E-state index is 0. The highest BCUT2D eigenvalue weighted by molar-refractivity contribution is 5.41. The standard InChI is InChI=1S/C17H30N4O.H2/c1-3-19(2)8-9-20-10-12-21(13-11-20)14-15-22-17-6-4-16(18)5-7-17;/h4-7H,3,8-15,18H2,1-2H3;1H. The van der Waals surface area contributed by atoms with Crippen molar-refractivity contribution in [2.75, 3.05) is 71.7 Å². The smallest absolute Gasteiger partial charge is 0.119 e. The van der Waals surface area contributed by atoms with Crippen LogP contribution in [0.1, 0.15) is 8.35 Å². The quantitative estimate of drug-likeness (QED) is 0.737. The van der Waals surface area contributed by atoms with Crippen LogP contribution in [0.5, 0.6) is 5.75 Å². The highest BCUT2D eigenvalue weighted by atomic mass is 16.5. The maximum Gasteiger partial charge on any atom is 0.119 e. The zero-order chi connectivity index (χ0) is 15.8. The van der Waals surface area contributed by atoms with E-state index in [0.717, 1.165) is 50.8 Å². The van der Waals surface area contributed by atoms with Crippen LogP contribution in [0.3, 0.4) is 0 Å². The number of nitrogens with two attached hydrogens (primary N) is 1. The van der Waals surface area contributed by atoms with Crippen LogP contribution in [0.2, 0.25) is 0 Å². The molecule has 0 bridgehead atoms. The summed E-state index contributed by atoms with van der Waals surface area (Å²) in [6.07, 6.45) is 0. The molecule has 1 aliphatic rings. The summed E-state index contributed by atoms with van der Waals surface area (Å²) in [5, 5.41) is 0. The predicted molar refractivity (Wildman–Crippen MR) is 94.5 cm³/mol. The topological polar surface area (TPSA) is 45.0 Å². The van der Waals surface area contributed by atoms with E-state index >= 15 is 0 Å². The van der Waals surface area contributed by atoms with Crippen LogP contribution in [-0.4, -0.2) is 80.7 Å². The molecular weight excluding hydrogens is 276 g/mol. The molecule has 5 nitrogen and oxygen atoms in total. The number of benzene rings is 1. The fourth-order valence-electron chi connectivity index (χ4n) is 2.56. The van der Waals surface area contributed by atoms with Gasteiger partial charge in [-0.2, -0.15) is 0 Å². The van der Waals surface area contributed by atoms with Crippen LogP contribution in [0, 0.1) is 0 Å². The van der Waals surface area contributed by atoms with Crippen molar-refractivity contribution in [3.05, 3.63) is 24.3 Å².